The Kier molecular flexibility index (Phi) is 10.2. The minimum absolute atomic E-state index is 0.0409. The molecule has 174 valence electrons. The van der Waals surface area contributed by atoms with E-state index in [1.165, 1.54) is 0 Å². The highest BCUT2D eigenvalue weighted by atomic mass is 16.5. The standard InChI is InChI=1S/C24H34N4O4/c1-6-7-12-26-23(29)19-10-8-17(9-11-19)15-27-24(25-2)28-16-18-13-20(30-3)22(32-5)21(14-18)31-4/h8-11,13-14H,6-7,12,15-16H2,1-5H3,(H,26,29)(H2,25,27,28). The molecule has 0 saturated carbocycles. The van der Waals surface area contributed by atoms with Gasteiger partial charge in [0.15, 0.2) is 17.5 Å². The van der Waals surface area contributed by atoms with Crippen molar-refractivity contribution in [3.63, 3.8) is 0 Å². The second-order valence-corrected chi connectivity index (χ2v) is 7.12. The van der Waals surface area contributed by atoms with Crippen LogP contribution in [0.15, 0.2) is 41.4 Å². The van der Waals surface area contributed by atoms with E-state index in [0.717, 1.165) is 24.0 Å². The molecule has 0 aromatic heterocycles. The molecule has 0 bridgehead atoms. The van der Waals surface area contributed by atoms with E-state index >= 15 is 0 Å². The van der Waals surface area contributed by atoms with E-state index in [4.69, 9.17) is 14.2 Å². The number of nitrogens with zero attached hydrogens (tertiary/aromatic N) is 1. The van der Waals surface area contributed by atoms with Gasteiger partial charge in [-0.3, -0.25) is 9.79 Å². The zero-order valence-corrected chi connectivity index (χ0v) is 19.6. The average molecular weight is 443 g/mol. The fourth-order valence-electron chi connectivity index (χ4n) is 3.08. The molecule has 32 heavy (non-hydrogen) atoms. The first-order valence-corrected chi connectivity index (χ1v) is 10.7. The van der Waals surface area contributed by atoms with E-state index in [1.807, 2.05) is 36.4 Å². The van der Waals surface area contributed by atoms with E-state index in [9.17, 15) is 4.79 Å². The smallest absolute Gasteiger partial charge is 0.251 e. The molecule has 0 spiro atoms. The summed E-state index contributed by atoms with van der Waals surface area (Å²) in [6, 6.07) is 11.3. The van der Waals surface area contributed by atoms with Gasteiger partial charge >= 0.3 is 0 Å². The van der Waals surface area contributed by atoms with Crippen LogP contribution in [0.3, 0.4) is 0 Å². The molecule has 0 radical (unpaired) electrons. The van der Waals surface area contributed by atoms with Crippen LogP contribution in [0.1, 0.15) is 41.3 Å². The highest BCUT2D eigenvalue weighted by molar-refractivity contribution is 5.94. The molecule has 1 amide bonds. The maximum Gasteiger partial charge on any atom is 0.251 e. The zero-order valence-electron chi connectivity index (χ0n) is 19.6. The zero-order chi connectivity index (χ0) is 23.3. The molecule has 0 atom stereocenters. The molecule has 0 unspecified atom stereocenters. The third-order valence-electron chi connectivity index (χ3n) is 4.90. The molecular formula is C24H34N4O4. The molecule has 3 N–H and O–H groups in total. The summed E-state index contributed by atoms with van der Waals surface area (Å²) in [7, 11) is 6.48. The Morgan fingerprint density at radius 1 is 0.875 bits per heavy atom. The van der Waals surface area contributed by atoms with E-state index < -0.39 is 0 Å². The number of unbranched alkanes of at least 4 members (excludes halogenated alkanes) is 1. The molecule has 2 aromatic carbocycles. The second-order valence-electron chi connectivity index (χ2n) is 7.12. The molecule has 2 rings (SSSR count). The number of nitrogens with one attached hydrogen (secondary N) is 3. The number of ether oxygens (including phenoxy) is 3. The van der Waals surface area contributed by atoms with Crippen molar-refractivity contribution in [2.24, 2.45) is 4.99 Å². The Labute approximate surface area is 190 Å². The largest absolute Gasteiger partial charge is 0.493 e. The number of rotatable bonds is 11. The number of carbonyl (C=O) groups excluding carboxylic acids is 1. The minimum Gasteiger partial charge on any atom is -0.493 e. The fourth-order valence-corrected chi connectivity index (χ4v) is 3.08. The van der Waals surface area contributed by atoms with Gasteiger partial charge in [0.25, 0.3) is 5.91 Å². The van der Waals surface area contributed by atoms with Gasteiger partial charge in [-0.15, -0.1) is 0 Å². The van der Waals surface area contributed by atoms with Gasteiger partial charge in [-0.2, -0.15) is 0 Å². The van der Waals surface area contributed by atoms with Gasteiger partial charge in [-0.1, -0.05) is 25.5 Å². The second kappa shape index (κ2) is 13.1. The van der Waals surface area contributed by atoms with Crippen LogP contribution in [0.5, 0.6) is 17.2 Å². The van der Waals surface area contributed by atoms with Crippen molar-refractivity contribution in [1.29, 1.82) is 0 Å². The van der Waals surface area contributed by atoms with Crippen molar-refractivity contribution in [1.82, 2.24) is 16.0 Å². The molecule has 0 saturated heterocycles. The SMILES string of the molecule is CCCCNC(=O)c1ccc(CNC(=NC)NCc2cc(OC)c(OC)c(OC)c2)cc1. The van der Waals surface area contributed by atoms with Crippen LogP contribution in [0.2, 0.25) is 0 Å². The van der Waals surface area contributed by atoms with Gasteiger partial charge in [0.1, 0.15) is 0 Å². The lowest BCUT2D eigenvalue weighted by molar-refractivity contribution is 0.0953. The quantitative estimate of drug-likeness (QED) is 0.281. The number of amides is 1. The predicted octanol–water partition coefficient (Wildman–Crippen LogP) is 3.11. The molecule has 0 heterocycles. The lowest BCUT2D eigenvalue weighted by Gasteiger charge is -2.16. The topological polar surface area (TPSA) is 93.2 Å². The number of carbonyl (C=O) groups is 1. The monoisotopic (exact) mass is 442 g/mol. The molecule has 0 aliphatic rings. The van der Waals surface area contributed by atoms with Crippen molar-refractivity contribution < 1.29 is 19.0 Å². The Morgan fingerprint density at radius 3 is 1.97 bits per heavy atom. The van der Waals surface area contributed by atoms with Gasteiger partial charge in [-0.05, 0) is 41.8 Å². The number of guanidine groups is 1. The van der Waals surface area contributed by atoms with Crippen LogP contribution in [-0.4, -0.2) is 46.8 Å². The molecule has 8 nitrogen and oxygen atoms in total. The Hall–Kier alpha value is -3.42. The lowest BCUT2D eigenvalue weighted by Crippen LogP contribution is -2.36. The molecule has 0 aliphatic carbocycles. The summed E-state index contributed by atoms with van der Waals surface area (Å²) < 4.78 is 16.2. The van der Waals surface area contributed by atoms with Gasteiger partial charge in [-0.25, -0.2) is 0 Å². The highest BCUT2D eigenvalue weighted by Gasteiger charge is 2.13. The minimum atomic E-state index is -0.0409. The molecule has 0 fully saturated rings. The van der Waals surface area contributed by atoms with Crippen molar-refractivity contribution in [2.75, 3.05) is 34.9 Å². The van der Waals surface area contributed by atoms with Crippen LogP contribution in [0.4, 0.5) is 0 Å². The third-order valence-corrected chi connectivity index (χ3v) is 4.90. The Morgan fingerprint density at radius 2 is 1.47 bits per heavy atom. The summed E-state index contributed by atoms with van der Waals surface area (Å²) in [6.07, 6.45) is 2.04. The van der Waals surface area contributed by atoms with Crippen molar-refractivity contribution in [3.8, 4) is 17.2 Å². The first-order chi connectivity index (χ1) is 15.6. The van der Waals surface area contributed by atoms with Gasteiger partial charge < -0.3 is 30.2 Å². The summed E-state index contributed by atoms with van der Waals surface area (Å²) in [5.41, 5.74) is 2.67. The van der Waals surface area contributed by atoms with Crippen LogP contribution in [0, 0.1) is 0 Å². The fraction of sp³-hybridized carbons (Fsp3) is 0.417. The summed E-state index contributed by atoms with van der Waals surface area (Å²) in [5, 5.41) is 9.48. The predicted molar refractivity (Wildman–Crippen MR) is 127 cm³/mol. The van der Waals surface area contributed by atoms with Crippen molar-refractivity contribution in [3.05, 3.63) is 53.1 Å². The number of benzene rings is 2. The van der Waals surface area contributed by atoms with Crippen molar-refractivity contribution >= 4 is 11.9 Å². The molecule has 0 aliphatic heterocycles. The first-order valence-electron chi connectivity index (χ1n) is 10.7. The Bertz CT molecular complexity index is 872. The van der Waals surface area contributed by atoms with Gasteiger partial charge in [0.05, 0.1) is 21.3 Å². The number of aliphatic imine (C=N–C) groups is 1. The summed E-state index contributed by atoms with van der Waals surface area (Å²) in [6.45, 7) is 3.90. The lowest BCUT2D eigenvalue weighted by atomic mass is 10.1. The Balaban J connectivity index is 1.91. The molecule has 8 heteroatoms. The van der Waals surface area contributed by atoms with E-state index in [2.05, 4.69) is 27.9 Å². The maximum absolute atomic E-state index is 12.1. The van der Waals surface area contributed by atoms with Crippen molar-refractivity contribution in [2.45, 2.75) is 32.9 Å². The summed E-state index contributed by atoms with van der Waals surface area (Å²) in [5.74, 6) is 2.38. The molecule has 2 aromatic rings. The number of hydrogen-bond donors (Lipinski definition) is 3. The maximum atomic E-state index is 12.1. The third kappa shape index (κ3) is 7.08. The van der Waals surface area contributed by atoms with Crippen LogP contribution >= 0.6 is 0 Å². The van der Waals surface area contributed by atoms with E-state index in [1.54, 1.807) is 28.4 Å². The van der Waals surface area contributed by atoms with Crippen LogP contribution in [0.25, 0.3) is 0 Å². The van der Waals surface area contributed by atoms with Gasteiger partial charge in [0, 0.05) is 32.2 Å². The highest BCUT2D eigenvalue weighted by Crippen LogP contribution is 2.38. The van der Waals surface area contributed by atoms with Crippen LogP contribution < -0.4 is 30.2 Å². The van der Waals surface area contributed by atoms with E-state index in [-0.39, 0.29) is 5.91 Å². The van der Waals surface area contributed by atoms with Gasteiger partial charge in [0.2, 0.25) is 5.75 Å². The summed E-state index contributed by atoms with van der Waals surface area (Å²) >= 11 is 0. The van der Waals surface area contributed by atoms with E-state index in [0.29, 0.717) is 48.4 Å². The number of methoxy groups -OCH3 is 3. The normalized spacial score (nSPS) is 11.0. The summed E-state index contributed by atoms with van der Waals surface area (Å²) in [4.78, 5) is 16.4. The number of hydrogen-bond acceptors (Lipinski definition) is 5. The van der Waals surface area contributed by atoms with Crippen LogP contribution in [-0.2, 0) is 13.1 Å². The molecular weight excluding hydrogens is 408 g/mol. The average Bonchev–Trinajstić information content (AvgIpc) is 2.83. The first kappa shape index (κ1) is 24.8.